The topological polar surface area (TPSA) is 194 Å². The summed E-state index contributed by atoms with van der Waals surface area (Å²) in [5.74, 6) is -0.859. The molecule has 0 atom stereocenters. The zero-order chi connectivity index (χ0) is 27.4. The number of nitrogens with zero attached hydrogens (tertiary/aromatic N) is 3. The van der Waals surface area contributed by atoms with E-state index in [0.29, 0.717) is 41.3 Å². The van der Waals surface area contributed by atoms with Crippen molar-refractivity contribution in [2.45, 2.75) is 13.8 Å². The summed E-state index contributed by atoms with van der Waals surface area (Å²) < 4.78 is 10.2. The number of esters is 2. The van der Waals surface area contributed by atoms with E-state index < -0.39 is 27.5 Å². The summed E-state index contributed by atoms with van der Waals surface area (Å²) in [5.41, 5.74) is 12.7. The molecular weight excluding hydrogens is 494 g/mol. The Labute approximate surface area is 210 Å². The van der Waals surface area contributed by atoms with Crippen molar-refractivity contribution in [2.24, 2.45) is 0 Å². The van der Waals surface area contributed by atoms with Gasteiger partial charge in [0.1, 0.15) is 19.3 Å². The van der Waals surface area contributed by atoms with Gasteiger partial charge < -0.3 is 25.8 Å². The summed E-state index contributed by atoms with van der Waals surface area (Å²) in [4.78, 5) is 43.7. The van der Waals surface area contributed by atoms with Crippen LogP contribution in [-0.2, 0) is 19.1 Å². The number of benzene rings is 1. The largest absolute Gasteiger partial charge is 0.460 e. The van der Waals surface area contributed by atoms with Crippen molar-refractivity contribution in [3.63, 3.8) is 0 Å². The lowest BCUT2D eigenvalue weighted by molar-refractivity contribution is -0.389. The molecule has 194 valence electrons. The van der Waals surface area contributed by atoms with Gasteiger partial charge in [-0.3, -0.25) is 20.2 Å². The molecule has 0 aliphatic heterocycles. The van der Waals surface area contributed by atoms with Crippen LogP contribution < -0.4 is 16.4 Å². The standard InChI is InChI=1S/C18H24N2O4.C4H3N3O4S/c1-13(2)17(21)23-11-9-20(10-12-24-18(22)14(3)4)16-7-5-15(19)6-8-16;5-4-2(6(8)9)1-3(12-4)7(10)11/h5-8H,1,3,9-12,19H2,2,4H3;1H,5H2. The molecule has 0 fully saturated rings. The molecule has 14 heteroatoms. The summed E-state index contributed by atoms with van der Waals surface area (Å²) >= 11 is 0.588. The Hall–Kier alpha value is -4.46. The first kappa shape index (κ1) is 29.6. The van der Waals surface area contributed by atoms with Crippen molar-refractivity contribution in [1.29, 1.82) is 0 Å². The summed E-state index contributed by atoms with van der Waals surface area (Å²) in [7, 11) is 0. The minimum absolute atomic E-state index is 0.147. The zero-order valence-electron chi connectivity index (χ0n) is 19.8. The second-order valence-corrected chi connectivity index (χ2v) is 8.32. The van der Waals surface area contributed by atoms with Gasteiger partial charge in [-0.2, -0.15) is 0 Å². The third-order valence-electron chi connectivity index (χ3n) is 4.25. The molecular formula is C22H27N5O8S. The highest BCUT2D eigenvalue weighted by molar-refractivity contribution is 7.19. The van der Waals surface area contributed by atoms with Crippen LogP contribution in [0.15, 0.2) is 54.6 Å². The van der Waals surface area contributed by atoms with Crippen LogP contribution >= 0.6 is 11.3 Å². The highest BCUT2D eigenvalue weighted by Crippen LogP contribution is 2.36. The van der Waals surface area contributed by atoms with Gasteiger partial charge in [-0.1, -0.05) is 13.2 Å². The number of rotatable bonds is 11. The van der Waals surface area contributed by atoms with Gasteiger partial charge in [-0.25, -0.2) is 9.59 Å². The minimum Gasteiger partial charge on any atom is -0.460 e. The second kappa shape index (κ2) is 14.1. The van der Waals surface area contributed by atoms with Crippen molar-refractivity contribution in [2.75, 3.05) is 42.7 Å². The van der Waals surface area contributed by atoms with E-state index in [4.69, 9.17) is 20.9 Å². The number of hydrogen-bond donors (Lipinski definition) is 2. The van der Waals surface area contributed by atoms with E-state index in [0.717, 1.165) is 11.8 Å². The summed E-state index contributed by atoms with van der Waals surface area (Å²) in [6.45, 7) is 11.6. The number of anilines is 3. The Morgan fingerprint density at radius 2 is 1.42 bits per heavy atom. The fraction of sp³-hybridized carbons (Fsp3) is 0.273. The quantitative estimate of drug-likeness (QED) is 0.144. The van der Waals surface area contributed by atoms with Crippen LogP contribution in [0.3, 0.4) is 0 Å². The van der Waals surface area contributed by atoms with Crippen LogP contribution in [0.1, 0.15) is 13.8 Å². The molecule has 0 aliphatic rings. The molecule has 4 N–H and O–H groups in total. The molecule has 0 aliphatic carbocycles. The number of carbonyl (C=O) groups excluding carboxylic acids is 2. The van der Waals surface area contributed by atoms with Crippen molar-refractivity contribution in [3.8, 4) is 0 Å². The van der Waals surface area contributed by atoms with Gasteiger partial charge >= 0.3 is 22.6 Å². The minimum atomic E-state index is -0.751. The number of thiophene rings is 1. The summed E-state index contributed by atoms with van der Waals surface area (Å²) in [5, 5.41) is 19.8. The number of hydrogen-bond acceptors (Lipinski definition) is 12. The molecule has 1 heterocycles. The normalized spacial score (nSPS) is 9.83. The predicted molar refractivity (Wildman–Crippen MR) is 137 cm³/mol. The molecule has 0 unspecified atom stereocenters. The molecule has 13 nitrogen and oxygen atoms in total. The fourth-order valence-electron chi connectivity index (χ4n) is 2.41. The Bertz CT molecular complexity index is 1100. The molecule has 0 spiro atoms. The first-order valence-electron chi connectivity index (χ1n) is 10.3. The van der Waals surface area contributed by atoms with E-state index in [1.165, 1.54) is 0 Å². The Balaban J connectivity index is 0.000000450. The van der Waals surface area contributed by atoms with E-state index >= 15 is 0 Å². The number of nitrogen functional groups attached to an aromatic ring is 2. The van der Waals surface area contributed by atoms with Gasteiger partial charge in [0.05, 0.1) is 22.9 Å². The molecule has 1 aromatic heterocycles. The van der Waals surface area contributed by atoms with E-state index in [-0.39, 0.29) is 23.2 Å². The zero-order valence-corrected chi connectivity index (χ0v) is 20.6. The van der Waals surface area contributed by atoms with Crippen LogP contribution in [0.2, 0.25) is 0 Å². The van der Waals surface area contributed by atoms with E-state index in [1.807, 2.05) is 17.0 Å². The van der Waals surface area contributed by atoms with Crippen LogP contribution in [0.5, 0.6) is 0 Å². The lowest BCUT2D eigenvalue weighted by Crippen LogP contribution is -2.32. The van der Waals surface area contributed by atoms with E-state index in [2.05, 4.69) is 13.2 Å². The smallest absolute Gasteiger partial charge is 0.333 e. The third kappa shape index (κ3) is 9.80. The highest BCUT2D eigenvalue weighted by Gasteiger charge is 2.22. The number of nitro groups is 2. The average molecular weight is 522 g/mol. The predicted octanol–water partition coefficient (Wildman–Crippen LogP) is 3.46. The molecule has 0 radical (unpaired) electrons. The Morgan fingerprint density at radius 1 is 0.944 bits per heavy atom. The Kier molecular flexibility index (Phi) is 11.5. The maximum atomic E-state index is 11.4. The molecule has 0 saturated carbocycles. The molecule has 1 aromatic carbocycles. The first-order valence-corrected chi connectivity index (χ1v) is 11.1. The lowest BCUT2D eigenvalue weighted by Gasteiger charge is -2.24. The van der Waals surface area contributed by atoms with Gasteiger partial charge in [-0.15, -0.1) is 0 Å². The van der Waals surface area contributed by atoms with Crippen LogP contribution in [0.25, 0.3) is 0 Å². The van der Waals surface area contributed by atoms with Crippen LogP contribution in [0.4, 0.5) is 27.1 Å². The van der Waals surface area contributed by atoms with Gasteiger partial charge in [0.15, 0.2) is 5.00 Å². The molecule has 0 saturated heterocycles. The average Bonchev–Trinajstić information content (AvgIpc) is 3.21. The van der Waals surface area contributed by atoms with Crippen molar-refractivity contribution in [1.82, 2.24) is 0 Å². The number of nitrogens with two attached hydrogens (primary N) is 2. The summed E-state index contributed by atoms with van der Waals surface area (Å²) in [6.07, 6.45) is 0. The maximum absolute atomic E-state index is 11.4. The lowest BCUT2D eigenvalue weighted by atomic mass is 10.2. The van der Waals surface area contributed by atoms with Crippen molar-refractivity contribution < 1.29 is 28.9 Å². The van der Waals surface area contributed by atoms with E-state index in [1.54, 1.807) is 26.0 Å². The molecule has 0 amide bonds. The van der Waals surface area contributed by atoms with E-state index in [9.17, 15) is 29.8 Å². The van der Waals surface area contributed by atoms with Gasteiger partial charge in [0.2, 0.25) is 0 Å². The maximum Gasteiger partial charge on any atom is 0.333 e. The monoisotopic (exact) mass is 521 g/mol. The third-order valence-corrected chi connectivity index (χ3v) is 5.15. The number of carbonyl (C=O) groups is 2. The summed E-state index contributed by atoms with van der Waals surface area (Å²) in [6, 6.07) is 8.12. The number of ether oxygens (including phenoxy) is 2. The second-order valence-electron chi connectivity index (χ2n) is 7.26. The molecule has 36 heavy (non-hydrogen) atoms. The fourth-order valence-corrected chi connectivity index (χ4v) is 3.12. The van der Waals surface area contributed by atoms with Gasteiger partial charge in [-0.05, 0) is 49.4 Å². The van der Waals surface area contributed by atoms with Crippen molar-refractivity contribution in [3.05, 3.63) is 74.9 Å². The van der Waals surface area contributed by atoms with Crippen LogP contribution in [-0.4, -0.2) is 48.1 Å². The SMILES string of the molecule is C=C(C)C(=O)OCCN(CCOC(=O)C(=C)C)c1ccc(N)cc1.Nc1sc([N+](=O)[O-])cc1[N+](=O)[O-]. The van der Waals surface area contributed by atoms with Crippen LogP contribution in [0, 0.1) is 20.2 Å². The van der Waals surface area contributed by atoms with Crippen molar-refractivity contribution >= 4 is 50.3 Å². The van der Waals surface area contributed by atoms with Gasteiger partial charge in [0, 0.05) is 22.5 Å². The Morgan fingerprint density at radius 3 is 1.75 bits per heavy atom. The highest BCUT2D eigenvalue weighted by atomic mass is 32.1. The molecule has 2 rings (SSSR count). The first-order chi connectivity index (χ1) is 16.8. The molecule has 0 bridgehead atoms. The molecule has 2 aromatic rings. The van der Waals surface area contributed by atoms with Gasteiger partial charge in [0.25, 0.3) is 0 Å².